The van der Waals surface area contributed by atoms with Crippen molar-refractivity contribution in [3.05, 3.63) is 101 Å². The van der Waals surface area contributed by atoms with Crippen LogP contribution in [0.15, 0.2) is 79.1 Å². The van der Waals surface area contributed by atoms with E-state index in [2.05, 4.69) is 16.8 Å². The van der Waals surface area contributed by atoms with Gasteiger partial charge in [-0.05, 0) is 48.7 Å². The van der Waals surface area contributed by atoms with E-state index in [0.29, 0.717) is 17.5 Å². The van der Waals surface area contributed by atoms with Gasteiger partial charge in [0.2, 0.25) is 0 Å². The first-order valence-corrected chi connectivity index (χ1v) is 8.51. The lowest BCUT2D eigenvalue weighted by molar-refractivity contribution is 0.103. The number of pyridine rings is 1. The molecule has 1 heterocycles. The van der Waals surface area contributed by atoms with Crippen LogP contribution in [0.4, 0.5) is 0 Å². The average Bonchev–Trinajstić information content (AvgIpc) is 2.72. The van der Waals surface area contributed by atoms with Gasteiger partial charge in [-0.2, -0.15) is 0 Å². The van der Waals surface area contributed by atoms with Gasteiger partial charge in [-0.25, -0.2) is 0 Å². The third kappa shape index (κ3) is 4.89. The molecule has 0 saturated heterocycles. The predicted molar refractivity (Wildman–Crippen MR) is 102 cm³/mol. The van der Waals surface area contributed by atoms with Crippen molar-refractivity contribution >= 4 is 5.78 Å². The first kappa shape index (κ1) is 17.6. The Morgan fingerprint density at radius 3 is 2.38 bits per heavy atom. The second kappa shape index (κ2) is 8.75. The molecule has 3 heteroatoms. The first-order chi connectivity index (χ1) is 12.7. The van der Waals surface area contributed by atoms with Gasteiger partial charge in [0.15, 0.2) is 5.78 Å². The van der Waals surface area contributed by atoms with Crippen LogP contribution in [0.2, 0.25) is 0 Å². The van der Waals surface area contributed by atoms with E-state index in [1.54, 1.807) is 48.8 Å². The summed E-state index contributed by atoms with van der Waals surface area (Å²) in [5, 5.41) is 10.0. The van der Waals surface area contributed by atoms with Crippen molar-refractivity contribution < 1.29 is 9.90 Å². The van der Waals surface area contributed by atoms with E-state index < -0.39 is 6.10 Å². The van der Waals surface area contributed by atoms with E-state index in [4.69, 9.17) is 0 Å². The van der Waals surface area contributed by atoms with E-state index >= 15 is 0 Å². The van der Waals surface area contributed by atoms with E-state index in [-0.39, 0.29) is 5.78 Å². The van der Waals surface area contributed by atoms with Crippen molar-refractivity contribution in [2.24, 2.45) is 0 Å². The van der Waals surface area contributed by atoms with Gasteiger partial charge in [0.1, 0.15) is 6.10 Å². The number of aromatic nitrogens is 1. The molecule has 0 radical (unpaired) electrons. The van der Waals surface area contributed by atoms with Crippen LogP contribution in [0, 0.1) is 11.8 Å². The lowest BCUT2D eigenvalue weighted by Crippen LogP contribution is -2.04. The number of benzene rings is 2. The van der Waals surface area contributed by atoms with Crippen LogP contribution in [0.3, 0.4) is 0 Å². The maximum absolute atomic E-state index is 12.4. The molecule has 3 aromatic rings. The largest absolute Gasteiger partial charge is 0.380 e. The van der Waals surface area contributed by atoms with E-state index in [1.165, 1.54) is 0 Å². The molecule has 1 atom stereocenters. The number of aryl methyl sites for hydroxylation is 1. The number of nitrogens with zero attached hydrogens (tertiary/aromatic N) is 1. The van der Waals surface area contributed by atoms with Gasteiger partial charge in [0, 0.05) is 29.1 Å². The van der Waals surface area contributed by atoms with Crippen LogP contribution in [-0.2, 0) is 6.42 Å². The second-order valence-electron chi connectivity index (χ2n) is 5.96. The summed E-state index contributed by atoms with van der Waals surface area (Å²) < 4.78 is 0. The lowest BCUT2D eigenvalue weighted by Gasteiger charge is -2.03. The highest BCUT2D eigenvalue weighted by molar-refractivity contribution is 6.08. The number of aliphatic hydroxyl groups excluding tert-OH is 1. The predicted octanol–water partition coefficient (Wildman–Crippen LogP) is 3.66. The Bertz CT molecular complexity index is 907. The Morgan fingerprint density at radius 1 is 0.962 bits per heavy atom. The van der Waals surface area contributed by atoms with E-state index in [0.717, 1.165) is 17.5 Å². The maximum Gasteiger partial charge on any atom is 0.193 e. The molecule has 0 aliphatic heterocycles. The Hall–Kier alpha value is -3.22. The Labute approximate surface area is 153 Å². The van der Waals surface area contributed by atoms with E-state index in [9.17, 15) is 9.90 Å². The molecule has 26 heavy (non-hydrogen) atoms. The smallest absolute Gasteiger partial charge is 0.193 e. The number of carbonyl (C=O) groups is 1. The quantitative estimate of drug-likeness (QED) is 0.569. The topological polar surface area (TPSA) is 50.2 Å². The molecular formula is C23H19NO2. The van der Waals surface area contributed by atoms with Gasteiger partial charge < -0.3 is 5.11 Å². The number of ketones is 1. The molecule has 128 valence electrons. The van der Waals surface area contributed by atoms with Gasteiger partial charge in [0.05, 0.1) is 0 Å². The first-order valence-electron chi connectivity index (χ1n) is 8.51. The fourth-order valence-corrected chi connectivity index (χ4v) is 2.55. The van der Waals surface area contributed by atoms with Crippen LogP contribution in [0.25, 0.3) is 0 Å². The van der Waals surface area contributed by atoms with Crippen molar-refractivity contribution in [1.29, 1.82) is 0 Å². The fraction of sp³-hybridized carbons (Fsp3) is 0.130. The number of rotatable bonds is 5. The summed E-state index contributed by atoms with van der Waals surface area (Å²) in [6.45, 7) is 0. The standard InChI is InChI=1S/C23H19NO2/c25-22(15-11-19-5-4-16-24-17-19)14-10-18-8-12-21(13-9-18)23(26)20-6-2-1-3-7-20/h1-9,12-13,16-17,22,25H,11,15H2. The normalized spacial score (nSPS) is 11.3. The number of hydrogen-bond acceptors (Lipinski definition) is 3. The van der Waals surface area contributed by atoms with Crippen molar-refractivity contribution in [1.82, 2.24) is 4.98 Å². The van der Waals surface area contributed by atoms with Crippen LogP contribution in [0.1, 0.15) is 33.5 Å². The van der Waals surface area contributed by atoms with Crippen molar-refractivity contribution in [2.75, 3.05) is 0 Å². The average molecular weight is 341 g/mol. The summed E-state index contributed by atoms with van der Waals surface area (Å²) in [5.74, 6) is 5.80. The summed E-state index contributed by atoms with van der Waals surface area (Å²) in [6.07, 6.45) is 4.12. The molecular weight excluding hydrogens is 322 g/mol. The molecule has 0 saturated carbocycles. The molecule has 3 rings (SSSR count). The summed E-state index contributed by atoms with van der Waals surface area (Å²) in [6, 6.07) is 20.2. The van der Waals surface area contributed by atoms with Gasteiger partial charge in [-0.3, -0.25) is 9.78 Å². The molecule has 2 aromatic carbocycles. The van der Waals surface area contributed by atoms with Gasteiger partial charge in [-0.15, -0.1) is 0 Å². The molecule has 0 spiro atoms. The van der Waals surface area contributed by atoms with Crippen LogP contribution in [0.5, 0.6) is 0 Å². The minimum absolute atomic E-state index is 0.0124. The zero-order valence-electron chi connectivity index (χ0n) is 14.3. The molecule has 0 bridgehead atoms. The zero-order chi connectivity index (χ0) is 18.2. The highest BCUT2D eigenvalue weighted by atomic mass is 16.3. The zero-order valence-corrected chi connectivity index (χ0v) is 14.3. The van der Waals surface area contributed by atoms with E-state index in [1.807, 2.05) is 30.3 Å². The van der Waals surface area contributed by atoms with Crippen molar-refractivity contribution in [2.45, 2.75) is 18.9 Å². The maximum atomic E-state index is 12.4. The number of hydrogen-bond donors (Lipinski definition) is 1. The van der Waals surface area contributed by atoms with Crippen LogP contribution < -0.4 is 0 Å². The Balaban J connectivity index is 1.59. The highest BCUT2D eigenvalue weighted by Gasteiger charge is 2.07. The third-order valence-electron chi connectivity index (χ3n) is 4.00. The molecule has 3 nitrogen and oxygen atoms in total. The van der Waals surface area contributed by atoms with Gasteiger partial charge in [-0.1, -0.05) is 48.2 Å². The molecule has 1 unspecified atom stereocenters. The highest BCUT2D eigenvalue weighted by Crippen LogP contribution is 2.11. The SMILES string of the molecule is O=C(c1ccccc1)c1ccc(C#CC(O)CCc2cccnc2)cc1. The summed E-state index contributed by atoms with van der Waals surface area (Å²) in [5.41, 5.74) is 3.14. The lowest BCUT2D eigenvalue weighted by atomic mass is 10.0. The van der Waals surface area contributed by atoms with Gasteiger partial charge in [0.25, 0.3) is 0 Å². The minimum atomic E-state index is -0.694. The fourth-order valence-electron chi connectivity index (χ4n) is 2.55. The number of carbonyl (C=O) groups excluding carboxylic acids is 1. The Kier molecular flexibility index (Phi) is 5.92. The molecule has 0 aliphatic rings. The molecule has 1 aromatic heterocycles. The van der Waals surface area contributed by atoms with Gasteiger partial charge >= 0.3 is 0 Å². The monoisotopic (exact) mass is 341 g/mol. The van der Waals surface area contributed by atoms with Crippen molar-refractivity contribution in [3.63, 3.8) is 0 Å². The third-order valence-corrected chi connectivity index (χ3v) is 4.00. The molecule has 1 N–H and O–H groups in total. The second-order valence-corrected chi connectivity index (χ2v) is 5.96. The molecule has 0 aliphatic carbocycles. The van der Waals surface area contributed by atoms with Crippen LogP contribution >= 0.6 is 0 Å². The van der Waals surface area contributed by atoms with Crippen molar-refractivity contribution in [3.8, 4) is 11.8 Å². The summed E-state index contributed by atoms with van der Waals surface area (Å²) in [4.78, 5) is 16.4. The number of aliphatic hydroxyl groups is 1. The summed E-state index contributed by atoms with van der Waals surface area (Å²) in [7, 11) is 0. The molecule has 0 amide bonds. The molecule has 0 fully saturated rings. The Morgan fingerprint density at radius 2 is 1.69 bits per heavy atom. The van der Waals surface area contributed by atoms with Crippen LogP contribution in [-0.4, -0.2) is 22.0 Å². The summed E-state index contributed by atoms with van der Waals surface area (Å²) >= 11 is 0. The minimum Gasteiger partial charge on any atom is -0.380 e.